The fourth-order valence-corrected chi connectivity index (χ4v) is 2.70. The van der Waals surface area contributed by atoms with Crippen LogP contribution in [0.15, 0.2) is 0 Å². The van der Waals surface area contributed by atoms with Crippen molar-refractivity contribution in [2.75, 3.05) is 26.2 Å². The third-order valence-corrected chi connectivity index (χ3v) is 4.27. The van der Waals surface area contributed by atoms with E-state index in [4.69, 9.17) is 0 Å². The van der Waals surface area contributed by atoms with E-state index in [-0.39, 0.29) is 42.1 Å². The molecule has 2 amide bonds. The van der Waals surface area contributed by atoms with Gasteiger partial charge in [-0.15, -0.1) is 12.4 Å². The van der Waals surface area contributed by atoms with Crippen LogP contribution in [0.25, 0.3) is 0 Å². The third kappa shape index (κ3) is 6.53. The van der Waals surface area contributed by atoms with Gasteiger partial charge in [0, 0.05) is 31.6 Å². The number of halogens is 1. The summed E-state index contributed by atoms with van der Waals surface area (Å²) in [6, 6.07) is 0.278. The van der Waals surface area contributed by atoms with Crippen LogP contribution in [0.5, 0.6) is 0 Å². The Balaban J connectivity index is 0.00000441. The summed E-state index contributed by atoms with van der Waals surface area (Å²) in [6.07, 6.45) is 2.65. The van der Waals surface area contributed by atoms with Crippen molar-refractivity contribution in [2.24, 2.45) is 11.8 Å². The first-order valence-electron chi connectivity index (χ1n) is 8.29. The first kappa shape index (κ1) is 21.2. The molecule has 0 aromatic rings. The number of carbonyl (C=O) groups excluding carboxylic acids is 2. The molecule has 1 aliphatic heterocycles. The van der Waals surface area contributed by atoms with Gasteiger partial charge in [-0.1, -0.05) is 20.8 Å². The zero-order chi connectivity index (χ0) is 15.8. The van der Waals surface area contributed by atoms with Gasteiger partial charge in [-0.2, -0.15) is 0 Å². The summed E-state index contributed by atoms with van der Waals surface area (Å²) < 4.78 is 0. The normalized spacial score (nSPS) is 20.7. The van der Waals surface area contributed by atoms with Gasteiger partial charge in [0.1, 0.15) is 0 Å². The monoisotopic (exact) mass is 333 g/mol. The Kier molecular flexibility index (Phi) is 10.4. The number of piperidine rings is 1. The molecule has 2 N–H and O–H groups in total. The summed E-state index contributed by atoms with van der Waals surface area (Å²) >= 11 is 0. The van der Waals surface area contributed by atoms with E-state index in [0.717, 1.165) is 32.4 Å². The molecule has 0 saturated carbocycles. The fraction of sp³-hybridized carbons (Fsp3) is 0.875. The molecule has 1 heterocycles. The van der Waals surface area contributed by atoms with Gasteiger partial charge in [0.25, 0.3) is 0 Å². The Labute approximate surface area is 141 Å². The number of rotatable bonds is 7. The van der Waals surface area contributed by atoms with Gasteiger partial charge in [-0.3, -0.25) is 9.59 Å². The molecule has 130 valence electrons. The molecule has 0 spiro atoms. The zero-order valence-electron chi connectivity index (χ0n) is 14.4. The van der Waals surface area contributed by atoms with E-state index in [9.17, 15) is 9.59 Å². The highest BCUT2D eigenvalue weighted by Gasteiger charge is 2.29. The summed E-state index contributed by atoms with van der Waals surface area (Å²) in [5, 5.41) is 6.27. The maximum absolute atomic E-state index is 12.2. The van der Waals surface area contributed by atoms with E-state index >= 15 is 0 Å². The van der Waals surface area contributed by atoms with Crippen LogP contribution in [0.3, 0.4) is 0 Å². The average Bonchev–Trinajstić information content (AvgIpc) is 2.51. The molecule has 1 saturated heterocycles. The van der Waals surface area contributed by atoms with E-state index in [1.54, 1.807) is 0 Å². The van der Waals surface area contributed by atoms with Crippen LogP contribution < -0.4 is 10.6 Å². The highest BCUT2D eigenvalue weighted by Crippen LogP contribution is 2.19. The van der Waals surface area contributed by atoms with Crippen LogP contribution in [0.1, 0.15) is 47.0 Å². The molecule has 0 aromatic heterocycles. The molecule has 0 bridgehead atoms. The molecular formula is C16H32ClN3O2. The molecule has 1 aliphatic rings. The van der Waals surface area contributed by atoms with Crippen molar-refractivity contribution in [3.8, 4) is 0 Å². The van der Waals surface area contributed by atoms with Crippen molar-refractivity contribution in [3.05, 3.63) is 0 Å². The van der Waals surface area contributed by atoms with E-state index in [2.05, 4.69) is 24.5 Å². The minimum Gasteiger partial charge on any atom is -0.354 e. The van der Waals surface area contributed by atoms with Crippen LogP contribution >= 0.6 is 12.4 Å². The van der Waals surface area contributed by atoms with Gasteiger partial charge in [-0.25, -0.2) is 0 Å². The summed E-state index contributed by atoms with van der Waals surface area (Å²) in [6.45, 7) is 11.0. The SMILES string of the molecule is CCN[C@H](C)CNC(=O)C1CCCN(C(=O)C(C)CC)C1.Cl. The van der Waals surface area contributed by atoms with Gasteiger partial charge >= 0.3 is 0 Å². The number of nitrogens with zero attached hydrogens (tertiary/aromatic N) is 1. The Morgan fingerprint density at radius 2 is 1.95 bits per heavy atom. The Hall–Kier alpha value is -0.810. The quantitative estimate of drug-likeness (QED) is 0.747. The van der Waals surface area contributed by atoms with E-state index in [1.165, 1.54) is 0 Å². The molecule has 6 heteroatoms. The molecule has 0 aromatic carbocycles. The lowest BCUT2D eigenvalue weighted by molar-refractivity contribution is -0.138. The Morgan fingerprint density at radius 1 is 1.27 bits per heavy atom. The van der Waals surface area contributed by atoms with Crippen LogP contribution in [0, 0.1) is 11.8 Å². The third-order valence-electron chi connectivity index (χ3n) is 4.27. The molecule has 2 unspecified atom stereocenters. The molecule has 1 fully saturated rings. The molecular weight excluding hydrogens is 302 g/mol. The van der Waals surface area contributed by atoms with Crippen LogP contribution in [-0.2, 0) is 9.59 Å². The van der Waals surface area contributed by atoms with Crippen molar-refractivity contribution in [2.45, 2.75) is 53.0 Å². The molecule has 5 nitrogen and oxygen atoms in total. The number of carbonyl (C=O) groups is 2. The average molecular weight is 334 g/mol. The largest absolute Gasteiger partial charge is 0.354 e. The van der Waals surface area contributed by atoms with Gasteiger partial charge in [0.2, 0.25) is 11.8 Å². The number of amides is 2. The second kappa shape index (κ2) is 10.8. The smallest absolute Gasteiger partial charge is 0.225 e. The van der Waals surface area contributed by atoms with Crippen molar-refractivity contribution < 1.29 is 9.59 Å². The van der Waals surface area contributed by atoms with Gasteiger partial charge in [0.15, 0.2) is 0 Å². The molecule has 0 radical (unpaired) electrons. The Bertz CT molecular complexity index is 352. The molecule has 1 rings (SSSR count). The predicted molar refractivity (Wildman–Crippen MR) is 92.2 cm³/mol. The van der Waals surface area contributed by atoms with Crippen molar-refractivity contribution >= 4 is 24.2 Å². The van der Waals surface area contributed by atoms with E-state index in [0.29, 0.717) is 13.1 Å². The van der Waals surface area contributed by atoms with Crippen LogP contribution in [-0.4, -0.2) is 48.9 Å². The minimum absolute atomic E-state index is 0. The molecule has 3 atom stereocenters. The first-order chi connectivity index (χ1) is 9.99. The zero-order valence-corrected chi connectivity index (χ0v) is 15.2. The van der Waals surface area contributed by atoms with E-state index in [1.807, 2.05) is 18.7 Å². The van der Waals surface area contributed by atoms with Gasteiger partial charge in [0.05, 0.1) is 5.92 Å². The second-order valence-corrected chi connectivity index (χ2v) is 6.14. The van der Waals surface area contributed by atoms with Crippen molar-refractivity contribution in [1.82, 2.24) is 15.5 Å². The summed E-state index contributed by atoms with van der Waals surface area (Å²) in [5.41, 5.74) is 0. The fourth-order valence-electron chi connectivity index (χ4n) is 2.70. The van der Waals surface area contributed by atoms with Crippen LogP contribution in [0.4, 0.5) is 0 Å². The minimum atomic E-state index is -0.0550. The highest BCUT2D eigenvalue weighted by molar-refractivity contribution is 5.85. The maximum atomic E-state index is 12.2. The van der Waals surface area contributed by atoms with Gasteiger partial charge < -0.3 is 15.5 Å². The number of hydrogen-bond donors (Lipinski definition) is 2. The second-order valence-electron chi connectivity index (χ2n) is 6.14. The number of nitrogens with one attached hydrogen (secondary N) is 2. The first-order valence-corrected chi connectivity index (χ1v) is 8.29. The standard InChI is InChI=1S/C16H31N3O2.ClH/c1-5-12(3)16(21)19-9-7-8-14(11-19)15(20)18-10-13(4)17-6-2;/h12-14,17H,5-11H2,1-4H3,(H,18,20);1H/t12?,13-,14?;/m1./s1. The Morgan fingerprint density at radius 3 is 2.55 bits per heavy atom. The summed E-state index contributed by atoms with van der Waals surface area (Å²) in [5.74, 6) is 0.276. The molecule has 22 heavy (non-hydrogen) atoms. The lowest BCUT2D eigenvalue weighted by Crippen LogP contribution is -2.48. The lowest BCUT2D eigenvalue weighted by atomic mass is 9.95. The summed E-state index contributed by atoms with van der Waals surface area (Å²) in [4.78, 5) is 26.3. The van der Waals surface area contributed by atoms with Gasteiger partial charge in [-0.05, 0) is 32.7 Å². The number of likely N-dealkylation sites (tertiary alicyclic amines) is 1. The topological polar surface area (TPSA) is 61.4 Å². The number of hydrogen-bond acceptors (Lipinski definition) is 3. The van der Waals surface area contributed by atoms with Crippen LogP contribution in [0.2, 0.25) is 0 Å². The maximum Gasteiger partial charge on any atom is 0.225 e. The van der Waals surface area contributed by atoms with E-state index < -0.39 is 0 Å². The van der Waals surface area contributed by atoms with Crippen molar-refractivity contribution in [1.29, 1.82) is 0 Å². The summed E-state index contributed by atoms with van der Waals surface area (Å²) in [7, 11) is 0. The number of likely N-dealkylation sites (N-methyl/N-ethyl adjacent to an activating group) is 1. The predicted octanol–water partition coefficient (Wildman–Crippen LogP) is 1.81. The van der Waals surface area contributed by atoms with Crippen molar-refractivity contribution in [3.63, 3.8) is 0 Å². The highest BCUT2D eigenvalue weighted by atomic mass is 35.5. The lowest BCUT2D eigenvalue weighted by Gasteiger charge is -2.33. The molecule has 0 aliphatic carbocycles.